The Balaban J connectivity index is 0.000000527. The van der Waals surface area contributed by atoms with Crippen molar-refractivity contribution in [2.45, 2.75) is 44.2 Å². The number of benzene rings is 1. The number of nitrogens with zero attached hydrogens (tertiary/aromatic N) is 2. The normalized spacial score (nSPS) is 26.1. The lowest BCUT2D eigenvalue weighted by atomic mass is 9.79. The number of carboxylic acid groups (broad SMARTS) is 1. The SMILES string of the molecule is O=C(NC12CCN(CC1)CC2)c1c2n(c3ccccc13)CCC2.O=CO. The minimum Gasteiger partial charge on any atom is -0.483 e. The van der Waals surface area contributed by atoms with Crippen molar-refractivity contribution in [2.24, 2.45) is 0 Å². The predicted octanol–water partition coefficient (Wildman–Crippen LogP) is 2.26. The van der Waals surface area contributed by atoms with Crippen LogP contribution in [0.3, 0.4) is 0 Å². The van der Waals surface area contributed by atoms with Crippen LogP contribution >= 0.6 is 0 Å². The maximum Gasteiger partial charge on any atom is 0.290 e. The molecule has 1 aromatic carbocycles. The molecule has 0 radical (unpaired) electrons. The van der Waals surface area contributed by atoms with Crippen molar-refractivity contribution in [3.05, 3.63) is 35.5 Å². The Hall–Kier alpha value is -2.34. The van der Waals surface area contributed by atoms with Gasteiger partial charge in [-0.15, -0.1) is 0 Å². The molecule has 6 heteroatoms. The number of nitrogens with one attached hydrogen (secondary N) is 1. The highest BCUT2D eigenvalue weighted by Crippen LogP contribution is 2.35. The summed E-state index contributed by atoms with van der Waals surface area (Å²) in [7, 11) is 0. The Kier molecular flexibility index (Phi) is 4.44. The van der Waals surface area contributed by atoms with E-state index >= 15 is 0 Å². The number of hydrogen-bond acceptors (Lipinski definition) is 3. The summed E-state index contributed by atoms with van der Waals surface area (Å²) in [6.07, 6.45) is 5.49. The molecule has 138 valence electrons. The molecule has 6 nitrogen and oxygen atoms in total. The quantitative estimate of drug-likeness (QED) is 0.811. The Morgan fingerprint density at radius 2 is 1.77 bits per heavy atom. The van der Waals surface area contributed by atoms with Crippen LogP contribution in [0.5, 0.6) is 0 Å². The third kappa shape index (κ3) is 2.78. The summed E-state index contributed by atoms with van der Waals surface area (Å²) in [5.74, 6) is 0.159. The maximum atomic E-state index is 13.2. The van der Waals surface area contributed by atoms with Gasteiger partial charge in [-0.1, -0.05) is 18.2 Å². The summed E-state index contributed by atoms with van der Waals surface area (Å²) in [6, 6.07) is 8.38. The first-order valence-corrected chi connectivity index (χ1v) is 9.40. The van der Waals surface area contributed by atoms with E-state index in [0.29, 0.717) is 0 Å². The maximum absolute atomic E-state index is 13.2. The van der Waals surface area contributed by atoms with E-state index in [1.165, 1.54) is 11.2 Å². The smallest absolute Gasteiger partial charge is 0.290 e. The topological polar surface area (TPSA) is 74.6 Å². The van der Waals surface area contributed by atoms with Crippen molar-refractivity contribution >= 4 is 23.3 Å². The number of carbonyl (C=O) groups excluding carboxylic acids is 1. The number of para-hydroxylation sites is 1. The van der Waals surface area contributed by atoms with E-state index in [0.717, 1.165) is 69.2 Å². The van der Waals surface area contributed by atoms with Crippen LogP contribution in [0.2, 0.25) is 0 Å². The molecule has 26 heavy (non-hydrogen) atoms. The summed E-state index contributed by atoms with van der Waals surface area (Å²) in [5.41, 5.74) is 3.45. The van der Waals surface area contributed by atoms with Crippen LogP contribution in [0.4, 0.5) is 0 Å². The molecule has 2 aromatic rings. The predicted molar refractivity (Wildman–Crippen MR) is 99.4 cm³/mol. The third-order valence-electron chi connectivity index (χ3n) is 6.20. The highest BCUT2D eigenvalue weighted by molar-refractivity contribution is 6.09. The summed E-state index contributed by atoms with van der Waals surface area (Å²) in [5, 5.41) is 11.5. The molecule has 4 aliphatic rings. The van der Waals surface area contributed by atoms with Crippen molar-refractivity contribution in [3.8, 4) is 0 Å². The van der Waals surface area contributed by atoms with Crippen molar-refractivity contribution in [1.82, 2.24) is 14.8 Å². The van der Waals surface area contributed by atoms with Crippen LogP contribution in [0.25, 0.3) is 10.9 Å². The summed E-state index contributed by atoms with van der Waals surface area (Å²) >= 11 is 0. The first-order chi connectivity index (χ1) is 12.7. The van der Waals surface area contributed by atoms with Gasteiger partial charge in [0, 0.05) is 48.3 Å². The van der Waals surface area contributed by atoms with Gasteiger partial charge in [0.2, 0.25) is 0 Å². The molecule has 6 rings (SSSR count). The van der Waals surface area contributed by atoms with Crippen LogP contribution in [0.1, 0.15) is 41.7 Å². The second kappa shape index (κ2) is 6.76. The first-order valence-electron chi connectivity index (χ1n) is 9.40. The standard InChI is InChI=1S/C19H23N3O.CH2O2/c23-18(20-19-7-11-21(12-8-19)13-9-19)17-14-4-1-2-5-15(14)22-10-3-6-16(17)22;2-1-3/h1-2,4-5H,3,6-13H2,(H,20,23);1H,(H,2,3). The van der Waals surface area contributed by atoms with E-state index < -0.39 is 0 Å². The van der Waals surface area contributed by atoms with Gasteiger partial charge in [-0.05, 0) is 38.2 Å². The van der Waals surface area contributed by atoms with Gasteiger partial charge in [-0.2, -0.15) is 0 Å². The monoisotopic (exact) mass is 355 g/mol. The Bertz CT molecular complexity index is 820. The summed E-state index contributed by atoms with van der Waals surface area (Å²) in [6.45, 7) is 4.20. The highest BCUT2D eigenvalue weighted by Gasteiger charge is 2.41. The van der Waals surface area contributed by atoms with Gasteiger partial charge in [-0.25, -0.2) is 0 Å². The van der Waals surface area contributed by atoms with Crippen molar-refractivity contribution in [2.75, 3.05) is 19.6 Å². The zero-order chi connectivity index (χ0) is 18.1. The third-order valence-corrected chi connectivity index (χ3v) is 6.20. The van der Waals surface area contributed by atoms with E-state index in [2.05, 4.69) is 33.0 Å². The minimum absolute atomic E-state index is 0.0420. The Labute approximate surface area is 152 Å². The lowest BCUT2D eigenvalue weighted by Gasteiger charge is -2.48. The molecule has 4 aliphatic heterocycles. The molecular weight excluding hydrogens is 330 g/mol. The first kappa shape index (κ1) is 17.1. The summed E-state index contributed by atoms with van der Waals surface area (Å²) in [4.78, 5) is 24.1. The lowest BCUT2D eigenvalue weighted by Crippen LogP contribution is -2.61. The fraction of sp³-hybridized carbons (Fsp3) is 0.500. The highest BCUT2D eigenvalue weighted by atomic mass is 16.3. The van der Waals surface area contributed by atoms with Crippen LogP contribution in [0.15, 0.2) is 24.3 Å². The molecule has 0 saturated carbocycles. The number of fused-ring (bicyclic) bond motifs is 6. The molecule has 2 N–H and O–H groups in total. The molecule has 3 fully saturated rings. The van der Waals surface area contributed by atoms with Crippen molar-refractivity contribution in [3.63, 3.8) is 0 Å². The van der Waals surface area contributed by atoms with Crippen LogP contribution in [-0.2, 0) is 17.8 Å². The average molecular weight is 355 g/mol. The fourth-order valence-electron chi connectivity index (χ4n) is 4.85. The van der Waals surface area contributed by atoms with E-state index in [-0.39, 0.29) is 17.9 Å². The molecule has 3 saturated heterocycles. The van der Waals surface area contributed by atoms with Gasteiger partial charge < -0.3 is 19.9 Å². The number of aromatic nitrogens is 1. The Morgan fingerprint density at radius 3 is 2.46 bits per heavy atom. The molecule has 0 aliphatic carbocycles. The molecule has 0 atom stereocenters. The second-order valence-electron chi connectivity index (χ2n) is 7.53. The Morgan fingerprint density at radius 1 is 1.12 bits per heavy atom. The molecule has 0 spiro atoms. The van der Waals surface area contributed by atoms with Gasteiger partial charge >= 0.3 is 0 Å². The molecular formula is C20H25N3O3. The van der Waals surface area contributed by atoms with Crippen molar-refractivity contribution in [1.29, 1.82) is 0 Å². The summed E-state index contributed by atoms with van der Waals surface area (Å²) < 4.78 is 2.35. The van der Waals surface area contributed by atoms with Crippen LogP contribution < -0.4 is 5.32 Å². The second-order valence-corrected chi connectivity index (χ2v) is 7.53. The zero-order valence-corrected chi connectivity index (χ0v) is 14.9. The van der Waals surface area contributed by atoms with Gasteiger partial charge in [0.15, 0.2) is 0 Å². The van der Waals surface area contributed by atoms with Gasteiger partial charge in [-0.3, -0.25) is 9.59 Å². The van der Waals surface area contributed by atoms with Gasteiger partial charge in [0.1, 0.15) is 0 Å². The van der Waals surface area contributed by atoms with Crippen LogP contribution in [0, 0.1) is 0 Å². The lowest BCUT2D eigenvalue weighted by molar-refractivity contribution is -0.122. The van der Waals surface area contributed by atoms with Gasteiger partial charge in [0.05, 0.1) is 5.56 Å². The molecule has 2 bridgehead atoms. The number of amides is 1. The number of aryl methyl sites for hydroxylation is 1. The van der Waals surface area contributed by atoms with Gasteiger partial charge in [0.25, 0.3) is 12.4 Å². The molecule has 5 heterocycles. The molecule has 0 unspecified atom stereocenters. The van der Waals surface area contributed by atoms with E-state index in [9.17, 15) is 4.79 Å². The minimum atomic E-state index is -0.250. The fourth-order valence-corrected chi connectivity index (χ4v) is 4.85. The van der Waals surface area contributed by atoms with E-state index in [4.69, 9.17) is 9.90 Å². The van der Waals surface area contributed by atoms with Crippen LogP contribution in [-0.4, -0.2) is 52.1 Å². The van der Waals surface area contributed by atoms with E-state index in [1.807, 2.05) is 6.07 Å². The average Bonchev–Trinajstić information content (AvgIpc) is 3.24. The number of carbonyl (C=O) groups is 2. The number of piperidine rings is 3. The number of rotatable bonds is 2. The zero-order valence-electron chi connectivity index (χ0n) is 14.9. The molecule has 1 aromatic heterocycles. The largest absolute Gasteiger partial charge is 0.483 e. The van der Waals surface area contributed by atoms with Crippen molar-refractivity contribution < 1.29 is 14.7 Å². The number of hydrogen-bond donors (Lipinski definition) is 2. The van der Waals surface area contributed by atoms with E-state index in [1.54, 1.807) is 0 Å². The molecule has 1 amide bonds.